The molecule has 3 fully saturated rings. The number of benzene rings is 2. The van der Waals surface area contributed by atoms with E-state index in [1.807, 2.05) is 42.5 Å². The standard InChI is InChI=1S/C28H27NO4/c1-2-16-8-10-18(11-9-16)33-28(32)23(14-17-6-4-3-5-7-17)29-26(30)24-19-12-13-20(22-15-21(19)22)25(24)27(29)31/h3-13,19-25H,2,14-15H2,1H3/t19-,20-,21-,22-,23+,24+,25+/m1/s1. The van der Waals surface area contributed by atoms with Crippen LogP contribution >= 0.6 is 0 Å². The van der Waals surface area contributed by atoms with Crippen molar-refractivity contribution in [3.05, 3.63) is 77.9 Å². The zero-order valence-electron chi connectivity index (χ0n) is 18.6. The molecule has 0 N–H and O–H groups in total. The molecule has 2 aromatic carbocycles. The van der Waals surface area contributed by atoms with Gasteiger partial charge >= 0.3 is 5.97 Å². The highest BCUT2D eigenvalue weighted by atomic mass is 16.5. The van der Waals surface area contributed by atoms with Crippen molar-refractivity contribution in [3.8, 4) is 5.75 Å². The van der Waals surface area contributed by atoms with Crippen molar-refractivity contribution in [1.29, 1.82) is 0 Å². The summed E-state index contributed by atoms with van der Waals surface area (Å²) in [6.45, 7) is 2.06. The minimum Gasteiger partial charge on any atom is -0.425 e. The Morgan fingerprint density at radius 2 is 1.52 bits per heavy atom. The minimum atomic E-state index is -0.973. The van der Waals surface area contributed by atoms with Crippen molar-refractivity contribution in [3.63, 3.8) is 0 Å². The van der Waals surface area contributed by atoms with Gasteiger partial charge in [-0.15, -0.1) is 0 Å². The summed E-state index contributed by atoms with van der Waals surface area (Å²) >= 11 is 0. The van der Waals surface area contributed by atoms with E-state index in [1.165, 1.54) is 4.90 Å². The van der Waals surface area contributed by atoms with Gasteiger partial charge in [0.1, 0.15) is 11.8 Å². The molecule has 0 unspecified atom stereocenters. The van der Waals surface area contributed by atoms with E-state index in [2.05, 4.69) is 19.1 Å². The smallest absolute Gasteiger partial charge is 0.335 e. The van der Waals surface area contributed by atoms with E-state index >= 15 is 0 Å². The maximum atomic E-state index is 13.6. The lowest BCUT2D eigenvalue weighted by Crippen LogP contribution is -2.48. The largest absolute Gasteiger partial charge is 0.425 e. The van der Waals surface area contributed by atoms with Crippen LogP contribution < -0.4 is 4.74 Å². The van der Waals surface area contributed by atoms with E-state index < -0.39 is 12.0 Å². The molecule has 7 atom stereocenters. The van der Waals surface area contributed by atoms with Gasteiger partial charge in [0, 0.05) is 6.42 Å². The van der Waals surface area contributed by atoms with Crippen molar-refractivity contribution in [1.82, 2.24) is 4.90 Å². The minimum absolute atomic E-state index is 0.126. The van der Waals surface area contributed by atoms with E-state index in [4.69, 9.17) is 4.74 Å². The van der Waals surface area contributed by atoms with Gasteiger partial charge in [-0.2, -0.15) is 0 Å². The number of nitrogens with zero attached hydrogens (tertiary/aromatic N) is 1. The zero-order chi connectivity index (χ0) is 22.7. The molecule has 5 aliphatic rings. The normalized spacial score (nSPS) is 31.8. The summed E-state index contributed by atoms with van der Waals surface area (Å²) in [5.41, 5.74) is 2.03. The number of hydrogen-bond donors (Lipinski definition) is 0. The average molecular weight is 442 g/mol. The van der Waals surface area contributed by atoms with Gasteiger partial charge in [0.2, 0.25) is 11.8 Å². The number of rotatable bonds is 6. The van der Waals surface area contributed by atoms with Gasteiger partial charge in [0.05, 0.1) is 11.8 Å². The highest BCUT2D eigenvalue weighted by Gasteiger charge is 2.68. The van der Waals surface area contributed by atoms with Crippen LogP contribution in [0.25, 0.3) is 0 Å². The first-order valence-corrected chi connectivity index (χ1v) is 12.0. The average Bonchev–Trinajstić information content (AvgIpc) is 3.62. The van der Waals surface area contributed by atoms with E-state index in [9.17, 15) is 14.4 Å². The van der Waals surface area contributed by atoms with Crippen molar-refractivity contribution in [2.45, 2.75) is 32.2 Å². The second kappa shape index (κ2) is 7.68. The van der Waals surface area contributed by atoms with Crippen LogP contribution in [0, 0.1) is 35.5 Å². The zero-order valence-corrected chi connectivity index (χ0v) is 18.6. The summed E-state index contributed by atoms with van der Waals surface area (Å²) < 4.78 is 5.71. The Hall–Kier alpha value is -3.21. The lowest BCUT2D eigenvalue weighted by atomic mass is 9.63. The van der Waals surface area contributed by atoms with Crippen molar-refractivity contribution < 1.29 is 19.1 Å². The molecule has 7 rings (SSSR count). The Balaban J connectivity index is 1.31. The summed E-state index contributed by atoms with van der Waals surface area (Å²) in [7, 11) is 0. The molecule has 2 amide bonds. The molecule has 168 valence electrons. The third kappa shape index (κ3) is 3.25. The van der Waals surface area contributed by atoms with E-state index in [0.717, 1.165) is 24.0 Å². The number of aryl methyl sites for hydroxylation is 1. The predicted molar refractivity (Wildman–Crippen MR) is 122 cm³/mol. The van der Waals surface area contributed by atoms with E-state index in [0.29, 0.717) is 17.6 Å². The van der Waals surface area contributed by atoms with Gasteiger partial charge in [-0.3, -0.25) is 14.5 Å². The molecule has 0 spiro atoms. The van der Waals surface area contributed by atoms with Crippen LogP contribution in [0.5, 0.6) is 5.75 Å². The highest BCUT2D eigenvalue weighted by molar-refractivity contribution is 6.09. The van der Waals surface area contributed by atoms with Crippen LogP contribution in [-0.4, -0.2) is 28.7 Å². The number of allylic oxidation sites excluding steroid dienone is 2. The third-order valence-electron chi connectivity index (χ3n) is 8.10. The number of hydrogen-bond acceptors (Lipinski definition) is 4. The molecule has 33 heavy (non-hydrogen) atoms. The molecule has 2 saturated carbocycles. The molecule has 4 aliphatic carbocycles. The first-order chi connectivity index (χ1) is 16.1. The number of carbonyl (C=O) groups is 3. The van der Waals surface area contributed by atoms with Crippen LogP contribution in [0.1, 0.15) is 24.5 Å². The number of esters is 1. The maximum Gasteiger partial charge on any atom is 0.335 e. The Bertz CT molecular complexity index is 1100. The molecule has 0 radical (unpaired) electrons. The van der Waals surface area contributed by atoms with Gasteiger partial charge < -0.3 is 4.74 Å². The predicted octanol–water partition coefficient (Wildman–Crippen LogP) is 3.82. The number of amides is 2. The Labute approximate surface area is 193 Å². The van der Waals surface area contributed by atoms with Crippen LogP contribution in [0.15, 0.2) is 66.7 Å². The molecule has 2 bridgehead atoms. The van der Waals surface area contributed by atoms with Gasteiger partial charge in [-0.1, -0.05) is 61.5 Å². The molecule has 0 aromatic heterocycles. The molecule has 1 aliphatic heterocycles. The second-order valence-electron chi connectivity index (χ2n) is 9.83. The number of likely N-dealkylation sites (tertiary alicyclic amines) is 1. The van der Waals surface area contributed by atoms with Gasteiger partial charge in [-0.25, -0.2) is 4.79 Å². The molecule has 2 aromatic rings. The Morgan fingerprint density at radius 1 is 0.909 bits per heavy atom. The SMILES string of the molecule is CCc1ccc(OC(=O)[C@H](Cc2ccccc2)N2C(=O)[C@H]3[C@@H]4C=C[C@H]([C@H]5C[C@H]45)[C@@H]3C2=O)cc1. The van der Waals surface area contributed by atoms with Crippen molar-refractivity contribution in [2.75, 3.05) is 0 Å². The summed E-state index contributed by atoms with van der Waals surface area (Å²) in [4.78, 5) is 42.0. The first-order valence-electron chi connectivity index (χ1n) is 12.0. The summed E-state index contributed by atoms with van der Waals surface area (Å²) in [6, 6.07) is 15.9. The number of imide groups is 1. The van der Waals surface area contributed by atoms with Crippen LogP contribution in [0.2, 0.25) is 0 Å². The fourth-order valence-corrected chi connectivity index (χ4v) is 6.38. The number of ether oxygens (including phenoxy) is 1. The molecular weight excluding hydrogens is 414 g/mol. The summed E-state index contributed by atoms with van der Waals surface area (Å²) in [5, 5.41) is 0. The van der Waals surface area contributed by atoms with Crippen molar-refractivity contribution >= 4 is 17.8 Å². The lowest BCUT2D eigenvalue weighted by molar-refractivity contribution is -0.153. The van der Waals surface area contributed by atoms with Crippen LogP contribution in [-0.2, 0) is 27.2 Å². The molecular formula is C28H27NO4. The quantitative estimate of drug-likeness (QED) is 0.296. The van der Waals surface area contributed by atoms with Crippen LogP contribution in [0.4, 0.5) is 0 Å². The number of carbonyl (C=O) groups excluding carboxylic acids is 3. The fourth-order valence-electron chi connectivity index (χ4n) is 6.38. The van der Waals surface area contributed by atoms with E-state index in [-0.39, 0.29) is 41.9 Å². The fraction of sp³-hybridized carbons (Fsp3) is 0.393. The lowest BCUT2D eigenvalue weighted by Gasteiger charge is -2.37. The maximum absolute atomic E-state index is 13.6. The summed E-state index contributed by atoms with van der Waals surface area (Å²) in [5.74, 6) is 0.107. The monoisotopic (exact) mass is 441 g/mol. The molecule has 1 saturated heterocycles. The Morgan fingerprint density at radius 3 is 2.09 bits per heavy atom. The van der Waals surface area contributed by atoms with E-state index in [1.54, 1.807) is 12.1 Å². The summed E-state index contributed by atoms with van der Waals surface area (Å²) in [6.07, 6.45) is 6.55. The third-order valence-corrected chi connectivity index (χ3v) is 8.10. The van der Waals surface area contributed by atoms with Crippen LogP contribution in [0.3, 0.4) is 0 Å². The molecule has 5 nitrogen and oxygen atoms in total. The first kappa shape index (κ1) is 20.4. The second-order valence-corrected chi connectivity index (χ2v) is 9.83. The van der Waals surface area contributed by atoms with Crippen molar-refractivity contribution in [2.24, 2.45) is 35.5 Å². The topological polar surface area (TPSA) is 63.7 Å². The molecule has 5 heteroatoms. The van der Waals surface area contributed by atoms with Gasteiger partial charge in [0.15, 0.2) is 0 Å². The molecule has 1 heterocycles. The van der Waals surface area contributed by atoms with Gasteiger partial charge in [-0.05, 0) is 59.8 Å². The highest BCUT2D eigenvalue weighted by Crippen LogP contribution is 2.65. The Kier molecular flexibility index (Phi) is 4.75. The van der Waals surface area contributed by atoms with Gasteiger partial charge in [0.25, 0.3) is 0 Å².